The SMILES string of the molecule is COCCOc1cccc(CNC(=O)c2ccc(NC(=O)c3cc(Cl)cc(Cl)c3)cc2)c1. The number of amides is 2. The van der Waals surface area contributed by atoms with Crippen LogP contribution in [0.25, 0.3) is 0 Å². The molecule has 8 heteroatoms. The molecule has 0 saturated carbocycles. The van der Waals surface area contributed by atoms with Gasteiger partial charge >= 0.3 is 0 Å². The summed E-state index contributed by atoms with van der Waals surface area (Å²) in [5.41, 5.74) is 2.28. The minimum Gasteiger partial charge on any atom is -0.491 e. The van der Waals surface area contributed by atoms with Crippen LogP contribution >= 0.6 is 23.2 Å². The number of carbonyl (C=O) groups is 2. The lowest BCUT2D eigenvalue weighted by Gasteiger charge is -2.10. The molecule has 2 N–H and O–H groups in total. The fourth-order valence-electron chi connectivity index (χ4n) is 2.87. The molecule has 0 bridgehead atoms. The van der Waals surface area contributed by atoms with Gasteiger partial charge in [-0.2, -0.15) is 0 Å². The van der Waals surface area contributed by atoms with Crippen molar-refractivity contribution in [3.63, 3.8) is 0 Å². The first kappa shape index (κ1) is 23.6. The molecule has 32 heavy (non-hydrogen) atoms. The zero-order valence-corrected chi connectivity index (χ0v) is 18.9. The fraction of sp³-hybridized carbons (Fsp3) is 0.167. The Morgan fingerprint density at radius 3 is 2.25 bits per heavy atom. The summed E-state index contributed by atoms with van der Waals surface area (Å²) in [7, 11) is 1.62. The maximum absolute atomic E-state index is 12.5. The zero-order chi connectivity index (χ0) is 22.9. The molecule has 166 valence electrons. The van der Waals surface area contributed by atoms with Crippen molar-refractivity contribution in [2.45, 2.75) is 6.54 Å². The van der Waals surface area contributed by atoms with E-state index in [2.05, 4.69) is 10.6 Å². The van der Waals surface area contributed by atoms with Crippen LogP contribution in [-0.2, 0) is 11.3 Å². The van der Waals surface area contributed by atoms with E-state index in [4.69, 9.17) is 32.7 Å². The third kappa shape index (κ3) is 6.99. The lowest BCUT2D eigenvalue weighted by Crippen LogP contribution is -2.22. The Hall–Kier alpha value is -3.06. The maximum atomic E-state index is 12.5. The second kappa shape index (κ2) is 11.5. The summed E-state index contributed by atoms with van der Waals surface area (Å²) in [6, 6.07) is 18.7. The summed E-state index contributed by atoms with van der Waals surface area (Å²) in [4.78, 5) is 24.9. The van der Waals surface area contributed by atoms with Crippen LogP contribution in [0.3, 0.4) is 0 Å². The van der Waals surface area contributed by atoms with Crippen LogP contribution in [0.2, 0.25) is 10.0 Å². The molecule has 6 nitrogen and oxygen atoms in total. The van der Waals surface area contributed by atoms with Crippen LogP contribution in [-0.4, -0.2) is 32.1 Å². The highest BCUT2D eigenvalue weighted by atomic mass is 35.5. The van der Waals surface area contributed by atoms with Gasteiger partial charge in [0.1, 0.15) is 12.4 Å². The van der Waals surface area contributed by atoms with Gasteiger partial charge in [-0.15, -0.1) is 0 Å². The monoisotopic (exact) mass is 472 g/mol. The molecule has 3 aromatic rings. The highest BCUT2D eigenvalue weighted by Gasteiger charge is 2.10. The molecule has 0 aliphatic heterocycles. The molecule has 0 heterocycles. The summed E-state index contributed by atoms with van der Waals surface area (Å²) in [6.45, 7) is 1.32. The molecule has 3 aromatic carbocycles. The molecule has 0 atom stereocenters. The van der Waals surface area contributed by atoms with Gasteiger partial charge in [-0.3, -0.25) is 9.59 Å². The molecule has 0 fully saturated rings. The normalized spacial score (nSPS) is 10.5. The Morgan fingerprint density at radius 2 is 1.56 bits per heavy atom. The summed E-state index contributed by atoms with van der Waals surface area (Å²) in [5.74, 6) is 0.143. The quantitative estimate of drug-likeness (QED) is 0.419. The molecular weight excluding hydrogens is 451 g/mol. The number of methoxy groups -OCH3 is 1. The first-order valence-electron chi connectivity index (χ1n) is 9.81. The summed E-state index contributed by atoms with van der Waals surface area (Å²) < 4.78 is 10.5. The van der Waals surface area contributed by atoms with Crippen LogP contribution in [0, 0.1) is 0 Å². The second-order valence-electron chi connectivity index (χ2n) is 6.86. The first-order chi connectivity index (χ1) is 15.4. The van der Waals surface area contributed by atoms with E-state index in [1.807, 2.05) is 24.3 Å². The Kier molecular flexibility index (Phi) is 8.50. The van der Waals surface area contributed by atoms with E-state index >= 15 is 0 Å². The van der Waals surface area contributed by atoms with Crippen molar-refractivity contribution in [3.8, 4) is 5.75 Å². The molecule has 0 radical (unpaired) electrons. The fourth-order valence-corrected chi connectivity index (χ4v) is 3.39. The van der Waals surface area contributed by atoms with Gasteiger partial charge in [-0.05, 0) is 60.2 Å². The number of hydrogen-bond donors (Lipinski definition) is 2. The molecule has 0 saturated heterocycles. The van der Waals surface area contributed by atoms with Gasteiger partial charge in [0.25, 0.3) is 11.8 Å². The largest absolute Gasteiger partial charge is 0.491 e. The smallest absolute Gasteiger partial charge is 0.255 e. The number of halogens is 2. The average molecular weight is 473 g/mol. The minimum absolute atomic E-state index is 0.227. The number of nitrogens with one attached hydrogen (secondary N) is 2. The van der Waals surface area contributed by atoms with Crippen molar-refractivity contribution >= 4 is 40.7 Å². The van der Waals surface area contributed by atoms with Crippen LogP contribution in [0.5, 0.6) is 5.75 Å². The van der Waals surface area contributed by atoms with Gasteiger partial charge in [0, 0.05) is 40.5 Å². The molecule has 0 unspecified atom stereocenters. The van der Waals surface area contributed by atoms with Crippen molar-refractivity contribution in [2.75, 3.05) is 25.6 Å². The van der Waals surface area contributed by atoms with Gasteiger partial charge in [-0.1, -0.05) is 35.3 Å². The molecule has 3 rings (SSSR count). The van der Waals surface area contributed by atoms with E-state index in [1.54, 1.807) is 37.4 Å². The molecule has 0 spiro atoms. The third-order valence-corrected chi connectivity index (χ3v) is 4.87. The first-order valence-corrected chi connectivity index (χ1v) is 10.6. The van der Waals surface area contributed by atoms with E-state index in [1.165, 1.54) is 12.1 Å². The van der Waals surface area contributed by atoms with Gasteiger partial charge in [0.2, 0.25) is 0 Å². The maximum Gasteiger partial charge on any atom is 0.255 e. The second-order valence-corrected chi connectivity index (χ2v) is 7.73. The Balaban J connectivity index is 1.55. The molecule has 0 aliphatic rings. The molecular formula is C24H22Cl2N2O4. The van der Waals surface area contributed by atoms with E-state index in [-0.39, 0.29) is 11.8 Å². The topological polar surface area (TPSA) is 76.7 Å². The number of benzene rings is 3. The number of hydrogen-bond acceptors (Lipinski definition) is 4. The van der Waals surface area contributed by atoms with Gasteiger partial charge < -0.3 is 20.1 Å². The van der Waals surface area contributed by atoms with E-state index in [9.17, 15) is 9.59 Å². The summed E-state index contributed by atoms with van der Waals surface area (Å²) >= 11 is 11.9. The van der Waals surface area contributed by atoms with Gasteiger partial charge in [-0.25, -0.2) is 0 Å². The molecule has 2 amide bonds. The predicted molar refractivity (Wildman–Crippen MR) is 126 cm³/mol. The van der Waals surface area contributed by atoms with Gasteiger partial charge in [0.05, 0.1) is 6.61 Å². The number of carbonyl (C=O) groups excluding carboxylic acids is 2. The van der Waals surface area contributed by atoms with E-state index < -0.39 is 0 Å². The number of ether oxygens (including phenoxy) is 2. The van der Waals surface area contributed by atoms with Crippen molar-refractivity contribution in [1.29, 1.82) is 0 Å². The standard InChI is InChI=1S/C24H22Cl2N2O4/c1-31-9-10-32-22-4-2-3-16(11-22)15-27-23(29)17-5-7-21(8-6-17)28-24(30)18-12-19(25)14-20(26)13-18/h2-8,11-14H,9-10,15H2,1H3,(H,27,29)(H,28,30). The van der Waals surface area contributed by atoms with Crippen LogP contribution in [0.4, 0.5) is 5.69 Å². The Bertz CT molecular complexity index is 1070. The summed E-state index contributed by atoms with van der Waals surface area (Å²) in [5, 5.41) is 6.38. The Morgan fingerprint density at radius 1 is 0.844 bits per heavy atom. The lowest BCUT2D eigenvalue weighted by atomic mass is 10.1. The lowest BCUT2D eigenvalue weighted by molar-refractivity contribution is 0.0950. The van der Waals surface area contributed by atoms with Crippen LogP contribution in [0.15, 0.2) is 66.7 Å². The third-order valence-electron chi connectivity index (χ3n) is 4.44. The Labute approximate surface area is 196 Å². The van der Waals surface area contributed by atoms with Crippen LogP contribution < -0.4 is 15.4 Å². The minimum atomic E-state index is -0.348. The summed E-state index contributed by atoms with van der Waals surface area (Å²) in [6.07, 6.45) is 0. The highest BCUT2D eigenvalue weighted by Crippen LogP contribution is 2.20. The van der Waals surface area contributed by atoms with E-state index in [0.29, 0.717) is 46.6 Å². The number of rotatable bonds is 9. The van der Waals surface area contributed by atoms with Gasteiger partial charge in [0.15, 0.2) is 0 Å². The van der Waals surface area contributed by atoms with Crippen molar-refractivity contribution < 1.29 is 19.1 Å². The molecule has 0 aromatic heterocycles. The number of anilines is 1. The van der Waals surface area contributed by atoms with Crippen LogP contribution in [0.1, 0.15) is 26.3 Å². The highest BCUT2D eigenvalue weighted by molar-refractivity contribution is 6.35. The van der Waals surface area contributed by atoms with Crippen molar-refractivity contribution in [3.05, 3.63) is 93.5 Å². The van der Waals surface area contributed by atoms with Crippen molar-refractivity contribution in [2.24, 2.45) is 0 Å². The average Bonchev–Trinajstić information content (AvgIpc) is 2.78. The predicted octanol–water partition coefficient (Wildman–Crippen LogP) is 5.20. The zero-order valence-electron chi connectivity index (χ0n) is 17.4. The van der Waals surface area contributed by atoms with E-state index in [0.717, 1.165) is 11.3 Å². The van der Waals surface area contributed by atoms with Crippen molar-refractivity contribution in [1.82, 2.24) is 5.32 Å². The molecule has 0 aliphatic carbocycles.